The van der Waals surface area contributed by atoms with E-state index in [-0.39, 0.29) is 17.9 Å². The molecule has 1 amide bonds. The molecule has 25 heavy (non-hydrogen) atoms. The zero-order chi connectivity index (χ0) is 18.0. The van der Waals surface area contributed by atoms with Crippen LogP contribution in [-0.4, -0.2) is 30.9 Å². The number of carbonyl (C=O) groups excluding carboxylic acids is 1. The van der Waals surface area contributed by atoms with Crippen LogP contribution in [0.1, 0.15) is 24.1 Å². The van der Waals surface area contributed by atoms with Crippen molar-refractivity contribution in [3.05, 3.63) is 69.7 Å². The van der Waals surface area contributed by atoms with Crippen molar-refractivity contribution in [2.75, 3.05) is 20.1 Å². The van der Waals surface area contributed by atoms with Crippen LogP contribution in [0.25, 0.3) is 0 Å². The summed E-state index contributed by atoms with van der Waals surface area (Å²) in [6, 6.07) is 15.2. The van der Waals surface area contributed by atoms with Crippen LogP contribution >= 0.6 is 23.2 Å². The molecule has 132 valence electrons. The van der Waals surface area contributed by atoms with Gasteiger partial charge in [-0.25, -0.2) is 0 Å². The number of rotatable bonds is 5. The van der Waals surface area contributed by atoms with Crippen molar-refractivity contribution in [1.29, 1.82) is 0 Å². The van der Waals surface area contributed by atoms with Crippen LogP contribution in [0.2, 0.25) is 10.0 Å². The number of amides is 1. The first-order valence-electron chi connectivity index (χ1n) is 8.45. The molecule has 1 aliphatic rings. The maximum Gasteiger partial charge on any atom is 0.226 e. The summed E-state index contributed by atoms with van der Waals surface area (Å²) in [7, 11) is 1.87. The summed E-state index contributed by atoms with van der Waals surface area (Å²) >= 11 is 12.1. The lowest BCUT2D eigenvalue weighted by Crippen LogP contribution is -2.50. The molecule has 1 heterocycles. The minimum Gasteiger partial charge on any atom is -0.334 e. The lowest BCUT2D eigenvalue weighted by molar-refractivity contribution is -0.137. The number of nitrogens with one attached hydrogen (secondary N) is 1. The molecule has 5 heteroatoms. The van der Waals surface area contributed by atoms with Crippen molar-refractivity contribution in [2.24, 2.45) is 11.8 Å². The molecule has 1 N–H and O–H groups in total. The first kappa shape index (κ1) is 18.2. The van der Waals surface area contributed by atoms with Gasteiger partial charge in [0.05, 0.1) is 6.04 Å². The Morgan fingerprint density at radius 1 is 1.00 bits per heavy atom. The van der Waals surface area contributed by atoms with E-state index >= 15 is 0 Å². The summed E-state index contributed by atoms with van der Waals surface area (Å²) in [6.07, 6.45) is 0. The number of hydrogen-bond acceptors (Lipinski definition) is 2. The summed E-state index contributed by atoms with van der Waals surface area (Å²) in [5, 5.41) is 4.60. The second kappa shape index (κ2) is 7.77. The van der Waals surface area contributed by atoms with Crippen molar-refractivity contribution < 1.29 is 4.79 Å². The fourth-order valence-corrected chi connectivity index (χ4v) is 3.50. The van der Waals surface area contributed by atoms with Crippen LogP contribution in [0.15, 0.2) is 48.5 Å². The van der Waals surface area contributed by atoms with Gasteiger partial charge in [0.1, 0.15) is 0 Å². The third-order valence-electron chi connectivity index (χ3n) is 5.02. The quantitative estimate of drug-likeness (QED) is 0.838. The molecule has 1 unspecified atom stereocenters. The standard InChI is InChI=1S/C20H22Cl2N2O/c1-13(16-11-23-12-16)20(25)24(2)19(14-3-7-17(21)8-4-14)15-5-9-18(22)10-6-15/h3-10,13,16,19,23H,11-12H2,1-2H3. The van der Waals surface area contributed by atoms with E-state index in [1.54, 1.807) is 0 Å². The molecule has 1 saturated heterocycles. The predicted molar refractivity (Wildman–Crippen MR) is 103 cm³/mol. The summed E-state index contributed by atoms with van der Waals surface area (Å²) < 4.78 is 0. The minimum atomic E-state index is -0.169. The van der Waals surface area contributed by atoms with Crippen LogP contribution in [0.4, 0.5) is 0 Å². The summed E-state index contributed by atoms with van der Waals surface area (Å²) in [4.78, 5) is 14.9. The number of hydrogen-bond donors (Lipinski definition) is 1. The van der Waals surface area contributed by atoms with E-state index in [0.717, 1.165) is 24.2 Å². The average molecular weight is 377 g/mol. The topological polar surface area (TPSA) is 32.3 Å². The Kier molecular flexibility index (Phi) is 5.67. The Balaban J connectivity index is 1.93. The predicted octanol–water partition coefficient (Wildman–Crippen LogP) is 4.40. The highest BCUT2D eigenvalue weighted by Crippen LogP contribution is 2.31. The second-order valence-electron chi connectivity index (χ2n) is 6.66. The summed E-state index contributed by atoms with van der Waals surface area (Å²) in [5.41, 5.74) is 2.06. The van der Waals surface area contributed by atoms with Crippen molar-refractivity contribution >= 4 is 29.1 Å². The van der Waals surface area contributed by atoms with E-state index in [1.165, 1.54) is 0 Å². The third kappa shape index (κ3) is 4.00. The highest BCUT2D eigenvalue weighted by atomic mass is 35.5. The van der Waals surface area contributed by atoms with Crippen LogP contribution in [0.5, 0.6) is 0 Å². The molecule has 2 aromatic carbocycles. The fourth-order valence-electron chi connectivity index (χ4n) is 3.24. The molecule has 1 aliphatic heterocycles. The first-order chi connectivity index (χ1) is 12.0. The SMILES string of the molecule is CC(C(=O)N(C)C(c1ccc(Cl)cc1)c1ccc(Cl)cc1)C1CNC1. The Morgan fingerprint density at radius 2 is 1.44 bits per heavy atom. The summed E-state index contributed by atoms with van der Waals surface area (Å²) in [6.45, 7) is 3.84. The third-order valence-corrected chi connectivity index (χ3v) is 5.52. The van der Waals surface area contributed by atoms with Crippen molar-refractivity contribution in [1.82, 2.24) is 10.2 Å². The molecule has 0 saturated carbocycles. The van der Waals surface area contributed by atoms with E-state index in [4.69, 9.17) is 23.2 Å². The van der Waals surface area contributed by atoms with Crippen LogP contribution in [0.3, 0.4) is 0 Å². The van der Waals surface area contributed by atoms with Crippen molar-refractivity contribution in [2.45, 2.75) is 13.0 Å². The number of halogens is 2. The highest BCUT2D eigenvalue weighted by molar-refractivity contribution is 6.30. The van der Waals surface area contributed by atoms with Gasteiger partial charge in [0.25, 0.3) is 0 Å². The van der Waals surface area contributed by atoms with E-state index in [1.807, 2.05) is 67.4 Å². The number of carbonyl (C=O) groups is 1. The highest BCUT2D eigenvalue weighted by Gasteiger charge is 2.33. The zero-order valence-electron chi connectivity index (χ0n) is 14.4. The molecule has 0 radical (unpaired) electrons. The molecule has 1 atom stereocenters. The first-order valence-corrected chi connectivity index (χ1v) is 9.21. The molecule has 3 rings (SSSR count). The maximum atomic E-state index is 13.0. The maximum absolute atomic E-state index is 13.0. The van der Waals surface area contributed by atoms with Gasteiger partial charge in [-0.1, -0.05) is 54.4 Å². The Labute approximate surface area is 158 Å². The van der Waals surface area contributed by atoms with Gasteiger partial charge in [0, 0.05) is 23.0 Å². The smallest absolute Gasteiger partial charge is 0.226 e. The van der Waals surface area contributed by atoms with Gasteiger partial charge in [0.15, 0.2) is 0 Å². The lowest BCUT2D eigenvalue weighted by Gasteiger charge is -2.37. The second-order valence-corrected chi connectivity index (χ2v) is 7.53. The van der Waals surface area contributed by atoms with Crippen molar-refractivity contribution in [3.8, 4) is 0 Å². The molecule has 0 aliphatic carbocycles. The molecule has 0 aromatic heterocycles. The van der Waals surface area contributed by atoms with E-state index in [0.29, 0.717) is 16.0 Å². The van der Waals surface area contributed by atoms with Gasteiger partial charge in [-0.05, 0) is 54.4 Å². The van der Waals surface area contributed by atoms with Gasteiger partial charge < -0.3 is 10.2 Å². The molecule has 0 spiro atoms. The van der Waals surface area contributed by atoms with E-state index < -0.39 is 0 Å². The Bertz CT molecular complexity index is 681. The number of benzene rings is 2. The minimum absolute atomic E-state index is 0.00616. The molecule has 2 aromatic rings. The Morgan fingerprint density at radius 3 is 1.80 bits per heavy atom. The normalized spacial score (nSPS) is 15.7. The van der Waals surface area contributed by atoms with Gasteiger partial charge in [-0.3, -0.25) is 4.79 Å². The van der Waals surface area contributed by atoms with Crippen LogP contribution < -0.4 is 5.32 Å². The fraction of sp³-hybridized carbons (Fsp3) is 0.350. The number of nitrogens with zero attached hydrogens (tertiary/aromatic N) is 1. The van der Waals surface area contributed by atoms with Gasteiger partial charge in [-0.15, -0.1) is 0 Å². The monoisotopic (exact) mass is 376 g/mol. The molecular weight excluding hydrogens is 355 g/mol. The molecule has 1 fully saturated rings. The van der Waals surface area contributed by atoms with E-state index in [2.05, 4.69) is 5.32 Å². The molecule has 3 nitrogen and oxygen atoms in total. The molecular formula is C20H22Cl2N2O. The Hall–Kier alpha value is -1.55. The lowest BCUT2D eigenvalue weighted by atomic mass is 9.87. The van der Waals surface area contributed by atoms with Crippen molar-refractivity contribution in [3.63, 3.8) is 0 Å². The molecule has 0 bridgehead atoms. The summed E-state index contributed by atoms with van der Waals surface area (Å²) in [5.74, 6) is 0.556. The van der Waals surface area contributed by atoms with Gasteiger partial charge in [-0.2, -0.15) is 0 Å². The largest absolute Gasteiger partial charge is 0.334 e. The van der Waals surface area contributed by atoms with E-state index in [9.17, 15) is 4.79 Å². The van der Waals surface area contributed by atoms with Gasteiger partial charge in [0.2, 0.25) is 5.91 Å². The average Bonchev–Trinajstić information content (AvgIpc) is 2.56. The van der Waals surface area contributed by atoms with Crippen LogP contribution in [0, 0.1) is 11.8 Å². The zero-order valence-corrected chi connectivity index (χ0v) is 15.9. The van der Waals surface area contributed by atoms with Crippen LogP contribution in [-0.2, 0) is 4.79 Å². The van der Waals surface area contributed by atoms with Gasteiger partial charge >= 0.3 is 0 Å².